The van der Waals surface area contributed by atoms with Gasteiger partial charge in [-0.2, -0.15) is 5.26 Å². The molecule has 0 aliphatic carbocycles. The highest BCUT2D eigenvalue weighted by molar-refractivity contribution is 4.90. The molecule has 17 heavy (non-hydrogen) atoms. The molecule has 1 aliphatic rings. The Bertz CT molecular complexity index is 221. The third kappa shape index (κ3) is 6.07. The summed E-state index contributed by atoms with van der Waals surface area (Å²) in [7, 11) is 0. The second-order valence-electron chi connectivity index (χ2n) is 5.20. The third-order valence-corrected chi connectivity index (χ3v) is 3.70. The molecular formula is C15H27NO. The molecule has 2 heteroatoms. The summed E-state index contributed by atoms with van der Waals surface area (Å²) in [5.74, 6) is 0.156. The van der Waals surface area contributed by atoms with Gasteiger partial charge in [0.15, 0.2) is 0 Å². The van der Waals surface area contributed by atoms with Crippen LogP contribution in [-0.4, -0.2) is 12.7 Å². The molecule has 1 fully saturated rings. The maximum Gasteiger partial charge on any atom is 0.0733 e. The van der Waals surface area contributed by atoms with E-state index in [0.29, 0.717) is 0 Å². The lowest BCUT2D eigenvalue weighted by Gasteiger charge is -2.27. The largest absolute Gasteiger partial charge is 0.377 e. The zero-order valence-electron chi connectivity index (χ0n) is 11.3. The summed E-state index contributed by atoms with van der Waals surface area (Å²) in [4.78, 5) is 0. The van der Waals surface area contributed by atoms with Crippen molar-refractivity contribution in [2.24, 2.45) is 5.92 Å². The van der Waals surface area contributed by atoms with Gasteiger partial charge in [0, 0.05) is 6.61 Å². The highest BCUT2D eigenvalue weighted by Crippen LogP contribution is 2.24. The molecule has 1 saturated heterocycles. The molecule has 2 nitrogen and oxygen atoms in total. The van der Waals surface area contributed by atoms with Gasteiger partial charge in [-0.15, -0.1) is 0 Å². The van der Waals surface area contributed by atoms with Crippen molar-refractivity contribution in [2.75, 3.05) is 6.61 Å². The zero-order valence-corrected chi connectivity index (χ0v) is 11.3. The fourth-order valence-electron chi connectivity index (χ4n) is 2.57. The van der Waals surface area contributed by atoms with Crippen LogP contribution >= 0.6 is 0 Å². The molecular weight excluding hydrogens is 210 g/mol. The first kappa shape index (κ1) is 14.5. The molecule has 2 unspecified atom stereocenters. The quantitative estimate of drug-likeness (QED) is 0.584. The van der Waals surface area contributed by atoms with Gasteiger partial charge >= 0.3 is 0 Å². The van der Waals surface area contributed by atoms with E-state index in [1.54, 1.807) is 0 Å². The molecule has 0 saturated carbocycles. The van der Waals surface area contributed by atoms with Gasteiger partial charge in [0.2, 0.25) is 0 Å². The van der Waals surface area contributed by atoms with Crippen molar-refractivity contribution < 1.29 is 4.74 Å². The van der Waals surface area contributed by atoms with E-state index in [0.717, 1.165) is 25.9 Å². The molecule has 0 spiro atoms. The van der Waals surface area contributed by atoms with Crippen LogP contribution < -0.4 is 0 Å². The minimum atomic E-state index is 0.156. The van der Waals surface area contributed by atoms with Gasteiger partial charge in [0.1, 0.15) is 0 Å². The summed E-state index contributed by atoms with van der Waals surface area (Å²) in [5, 5.41) is 9.03. The van der Waals surface area contributed by atoms with E-state index < -0.39 is 0 Å². The Morgan fingerprint density at radius 1 is 1.12 bits per heavy atom. The number of ether oxygens (including phenoxy) is 1. The number of nitrogens with zero attached hydrogens (tertiary/aromatic N) is 1. The lowest BCUT2D eigenvalue weighted by atomic mass is 9.92. The summed E-state index contributed by atoms with van der Waals surface area (Å²) in [6.07, 6.45) is 12.8. The molecule has 98 valence electrons. The molecule has 1 aliphatic heterocycles. The van der Waals surface area contributed by atoms with Crippen LogP contribution in [0.1, 0.15) is 71.1 Å². The van der Waals surface area contributed by atoms with E-state index in [9.17, 15) is 0 Å². The Hall–Kier alpha value is -0.550. The molecule has 2 atom stereocenters. The van der Waals surface area contributed by atoms with E-state index in [2.05, 4.69) is 13.0 Å². The van der Waals surface area contributed by atoms with Crippen molar-refractivity contribution >= 4 is 0 Å². The van der Waals surface area contributed by atoms with Crippen molar-refractivity contribution in [1.82, 2.24) is 0 Å². The van der Waals surface area contributed by atoms with Crippen molar-refractivity contribution in [3.05, 3.63) is 0 Å². The second-order valence-corrected chi connectivity index (χ2v) is 5.20. The van der Waals surface area contributed by atoms with E-state index in [-0.39, 0.29) is 12.0 Å². The van der Waals surface area contributed by atoms with Crippen LogP contribution in [0.15, 0.2) is 0 Å². The highest BCUT2D eigenvalue weighted by atomic mass is 16.5. The van der Waals surface area contributed by atoms with Gasteiger partial charge in [-0.25, -0.2) is 0 Å². The lowest BCUT2D eigenvalue weighted by Crippen LogP contribution is -2.28. The molecule has 1 rings (SSSR count). The van der Waals surface area contributed by atoms with Crippen LogP contribution in [0.2, 0.25) is 0 Å². The molecule has 1 heterocycles. The summed E-state index contributed by atoms with van der Waals surface area (Å²) in [6, 6.07) is 2.40. The predicted molar refractivity (Wildman–Crippen MR) is 70.7 cm³/mol. The van der Waals surface area contributed by atoms with Gasteiger partial charge in [0.25, 0.3) is 0 Å². The predicted octanol–water partition coefficient (Wildman–Crippen LogP) is 4.45. The Labute approximate surface area is 106 Å². The second kappa shape index (κ2) is 9.48. The van der Waals surface area contributed by atoms with Crippen molar-refractivity contribution in [3.63, 3.8) is 0 Å². The van der Waals surface area contributed by atoms with Crippen LogP contribution in [0, 0.1) is 17.2 Å². The van der Waals surface area contributed by atoms with Crippen molar-refractivity contribution in [2.45, 2.75) is 77.2 Å². The molecule has 0 amide bonds. The van der Waals surface area contributed by atoms with E-state index in [1.807, 2.05) is 0 Å². The van der Waals surface area contributed by atoms with E-state index >= 15 is 0 Å². The maximum atomic E-state index is 9.03. The highest BCUT2D eigenvalue weighted by Gasteiger charge is 2.24. The molecule has 0 aromatic heterocycles. The smallest absolute Gasteiger partial charge is 0.0733 e. The van der Waals surface area contributed by atoms with Crippen molar-refractivity contribution in [3.8, 4) is 6.07 Å². The minimum absolute atomic E-state index is 0.156. The van der Waals surface area contributed by atoms with Gasteiger partial charge < -0.3 is 4.74 Å². The standard InChI is InChI=1S/C15H27NO/c1-2-3-4-5-6-7-8-11-15-14(13-16)10-9-12-17-15/h14-15H,2-12H2,1H3. The SMILES string of the molecule is CCCCCCCCCC1OCCCC1C#N. The Morgan fingerprint density at radius 3 is 2.53 bits per heavy atom. The first-order chi connectivity index (χ1) is 8.38. The summed E-state index contributed by atoms with van der Waals surface area (Å²) < 4.78 is 5.70. The number of nitriles is 1. The molecule has 0 aromatic rings. The van der Waals surface area contributed by atoms with Gasteiger partial charge in [0.05, 0.1) is 18.1 Å². The fourth-order valence-corrected chi connectivity index (χ4v) is 2.57. The maximum absolute atomic E-state index is 9.03. The Kier molecular flexibility index (Phi) is 8.09. The normalized spacial score (nSPS) is 24.5. The van der Waals surface area contributed by atoms with Gasteiger partial charge in [-0.05, 0) is 19.3 Å². The first-order valence-corrected chi connectivity index (χ1v) is 7.39. The molecule has 0 radical (unpaired) electrons. The Morgan fingerprint density at radius 2 is 1.82 bits per heavy atom. The topological polar surface area (TPSA) is 33.0 Å². The number of unbranched alkanes of at least 4 members (excludes halogenated alkanes) is 6. The minimum Gasteiger partial charge on any atom is -0.377 e. The molecule has 0 N–H and O–H groups in total. The average molecular weight is 237 g/mol. The van der Waals surface area contributed by atoms with Gasteiger partial charge in [-0.3, -0.25) is 0 Å². The van der Waals surface area contributed by atoms with Crippen LogP contribution in [0.4, 0.5) is 0 Å². The van der Waals surface area contributed by atoms with Crippen molar-refractivity contribution in [1.29, 1.82) is 5.26 Å². The van der Waals surface area contributed by atoms with E-state index in [4.69, 9.17) is 10.00 Å². The van der Waals surface area contributed by atoms with Crippen LogP contribution in [0.25, 0.3) is 0 Å². The summed E-state index contributed by atoms with van der Waals surface area (Å²) in [6.45, 7) is 3.11. The van der Waals surface area contributed by atoms with Crippen LogP contribution in [0.5, 0.6) is 0 Å². The summed E-state index contributed by atoms with van der Waals surface area (Å²) >= 11 is 0. The van der Waals surface area contributed by atoms with Gasteiger partial charge in [-0.1, -0.05) is 51.9 Å². The monoisotopic (exact) mass is 237 g/mol. The van der Waals surface area contributed by atoms with E-state index in [1.165, 1.54) is 44.9 Å². The lowest BCUT2D eigenvalue weighted by molar-refractivity contribution is -0.0144. The zero-order chi connectivity index (χ0) is 12.3. The fraction of sp³-hybridized carbons (Fsp3) is 0.933. The third-order valence-electron chi connectivity index (χ3n) is 3.70. The molecule has 0 aromatic carbocycles. The van der Waals surface area contributed by atoms with Crippen LogP contribution in [0.3, 0.4) is 0 Å². The number of rotatable bonds is 8. The Balaban J connectivity index is 1.99. The number of hydrogen-bond donors (Lipinski definition) is 0. The summed E-state index contributed by atoms with van der Waals surface area (Å²) in [5.41, 5.74) is 0. The van der Waals surface area contributed by atoms with Crippen LogP contribution in [-0.2, 0) is 4.74 Å². The molecule has 0 bridgehead atoms. The number of hydrogen-bond acceptors (Lipinski definition) is 2. The first-order valence-electron chi connectivity index (χ1n) is 7.39. The average Bonchev–Trinajstić information content (AvgIpc) is 2.38.